The van der Waals surface area contributed by atoms with E-state index in [9.17, 15) is 13.5 Å². The van der Waals surface area contributed by atoms with Crippen molar-refractivity contribution in [3.63, 3.8) is 0 Å². The predicted octanol–water partition coefficient (Wildman–Crippen LogP) is 6.89. The molecule has 0 aliphatic heterocycles. The Labute approximate surface area is 180 Å². The average molecular weight is 435 g/mol. The van der Waals surface area contributed by atoms with Crippen LogP contribution in [0.15, 0.2) is 47.4 Å². The molecule has 0 bridgehead atoms. The lowest BCUT2D eigenvalue weighted by Gasteiger charge is -2.10. The second-order valence-corrected chi connectivity index (χ2v) is 9.21. The number of rotatable bonds is 14. The molecule has 0 heterocycles. The van der Waals surface area contributed by atoms with Crippen molar-refractivity contribution in [2.75, 3.05) is 0 Å². The van der Waals surface area contributed by atoms with Crippen molar-refractivity contribution in [2.24, 2.45) is 0 Å². The zero-order valence-corrected chi connectivity index (χ0v) is 18.7. The van der Waals surface area contributed by atoms with Gasteiger partial charge in [0.1, 0.15) is 5.75 Å². The van der Waals surface area contributed by atoms with Gasteiger partial charge in [-0.05, 0) is 42.7 Å². The molecule has 0 aliphatic carbocycles. The summed E-state index contributed by atoms with van der Waals surface area (Å²) < 4.78 is 37.2. The number of hydrogen-bond donors (Lipinski definition) is 2. The molecule has 0 fully saturated rings. The van der Waals surface area contributed by atoms with Crippen molar-refractivity contribution in [2.45, 2.75) is 82.4 Å². The van der Waals surface area contributed by atoms with E-state index in [0.717, 1.165) is 18.4 Å². The molecule has 0 aliphatic rings. The highest BCUT2D eigenvalue weighted by Gasteiger charge is 2.12. The van der Waals surface area contributed by atoms with E-state index in [-0.39, 0.29) is 22.1 Å². The third kappa shape index (κ3) is 8.76. The lowest BCUT2D eigenvalue weighted by atomic mass is 10.0. The van der Waals surface area contributed by atoms with Crippen LogP contribution in [0.5, 0.6) is 17.2 Å². The smallest absolute Gasteiger partial charge is 0.294 e. The third-order valence-electron chi connectivity index (χ3n) is 5.17. The molecule has 5 nitrogen and oxygen atoms in total. The molecule has 0 saturated heterocycles. The first-order valence-electron chi connectivity index (χ1n) is 11.0. The van der Waals surface area contributed by atoms with Gasteiger partial charge in [-0.25, -0.2) is 0 Å². The summed E-state index contributed by atoms with van der Waals surface area (Å²) in [6.07, 6.45) is 13.8. The molecule has 0 aromatic heterocycles. The highest BCUT2D eigenvalue weighted by molar-refractivity contribution is 7.85. The number of unbranched alkanes of at least 4 members (excludes halogenated alkanes) is 9. The number of aryl methyl sites for hydroxylation is 1. The lowest BCUT2D eigenvalue weighted by Crippen LogP contribution is -1.98. The number of phenolic OH excluding ortho intramolecular Hbond substituents is 1. The van der Waals surface area contributed by atoms with Gasteiger partial charge >= 0.3 is 0 Å². The van der Waals surface area contributed by atoms with Crippen LogP contribution in [0.3, 0.4) is 0 Å². The Bertz CT molecular complexity index is 877. The van der Waals surface area contributed by atoms with Crippen molar-refractivity contribution in [3.8, 4) is 17.2 Å². The Hall–Kier alpha value is -2.05. The van der Waals surface area contributed by atoms with E-state index in [2.05, 4.69) is 6.92 Å². The van der Waals surface area contributed by atoms with E-state index in [1.807, 2.05) is 6.07 Å². The first-order chi connectivity index (χ1) is 14.4. The van der Waals surface area contributed by atoms with Crippen molar-refractivity contribution < 1.29 is 22.8 Å². The van der Waals surface area contributed by atoms with Crippen molar-refractivity contribution in [1.82, 2.24) is 0 Å². The van der Waals surface area contributed by atoms with Crippen molar-refractivity contribution in [3.05, 3.63) is 48.0 Å². The first-order valence-corrected chi connectivity index (χ1v) is 12.4. The third-order valence-corrected chi connectivity index (χ3v) is 6.02. The molecule has 0 unspecified atom stereocenters. The molecule has 6 heteroatoms. The molecule has 2 aromatic rings. The van der Waals surface area contributed by atoms with Crippen LogP contribution in [0.4, 0.5) is 0 Å². The zero-order valence-electron chi connectivity index (χ0n) is 17.8. The SMILES string of the molecule is CCCCCCCCCCCCc1ccc(Oc2cccc(S(=O)(=O)O)c2)c(O)c1. The summed E-state index contributed by atoms with van der Waals surface area (Å²) in [6.45, 7) is 2.24. The molecule has 2 N–H and O–H groups in total. The van der Waals surface area contributed by atoms with E-state index in [1.165, 1.54) is 76.0 Å². The Morgan fingerprint density at radius 2 is 1.47 bits per heavy atom. The number of aromatic hydroxyl groups is 1. The minimum atomic E-state index is -4.30. The average Bonchev–Trinajstić information content (AvgIpc) is 2.71. The fraction of sp³-hybridized carbons (Fsp3) is 0.500. The summed E-state index contributed by atoms with van der Waals surface area (Å²) in [6, 6.07) is 10.8. The van der Waals surface area contributed by atoms with Crippen LogP contribution in [-0.2, 0) is 16.5 Å². The van der Waals surface area contributed by atoms with Crippen LogP contribution in [0, 0.1) is 0 Å². The van der Waals surface area contributed by atoms with Crippen molar-refractivity contribution in [1.29, 1.82) is 0 Å². The van der Waals surface area contributed by atoms with Crippen LogP contribution in [0.25, 0.3) is 0 Å². The van der Waals surface area contributed by atoms with E-state index in [1.54, 1.807) is 18.2 Å². The Morgan fingerprint density at radius 1 is 0.833 bits per heavy atom. The molecule has 2 aromatic carbocycles. The normalized spacial score (nSPS) is 11.5. The molecular weight excluding hydrogens is 400 g/mol. The van der Waals surface area contributed by atoms with Crippen LogP contribution >= 0.6 is 0 Å². The number of benzene rings is 2. The van der Waals surface area contributed by atoms with E-state index < -0.39 is 10.1 Å². The monoisotopic (exact) mass is 434 g/mol. The van der Waals surface area contributed by atoms with Gasteiger partial charge in [-0.2, -0.15) is 8.42 Å². The molecule has 0 amide bonds. The van der Waals surface area contributed by atoms with Gasteiger partial charge in [-0.15, -0.1) is 0 Å². The molecule has 0 spiro atoms. The van der Waals surface area contributed by atoms with E-state index in [4.69, 9.17) is 9.29 Å². The quantitative estimate of drug-likeness (QED) is 0.250. The summed E-state index contributed by atoms with van der Waals surface area (Å²) in [5.74, 6) is 0.481. The van der Waals surface area contributed by atoms with Gasteiger partial charge in [0.2, 0.25) is 0 Å². The van der Waals surface area contributed by atoms with Crippen LogP contribution < -0.4 is 4.74 Å². The molecule has 0 atom stereocenters. The van der Waals surface area contributed by atoms with Gasteiger partial charge in [0.15, 0.2) is 11.5 Å². The fourth-order valence-electron chi connectivity index (χ4n) is 3.45. The maximum atomic E-state index is 11.2. The van der Waals surface area contributed by atoms with Crippen LogP contribution in [0.1, 0.15) is 76.7 Å². The Kier molecular flexibility index (Phi) is 10.2. The van der Waals surface area contributed by atoms with E-state index >= 15 is 0 Å². The Balaban J connectivity index is 1.74. The molecule has 2 rings (SSSR count). The highest BCUT2D eigenvalue weighted by Crippen LogP contribution is 2.32. The number of phenols is 1. The van der Waals surface area contributed by atoms with Gasteiger partial charge < -0.3 is 9.84 Å². The highest BCUT2D eigenvalue weighted by atomic mass is 32.2. The molecule has 0 saturated carbocycles. The summed E-state index contributed by atoms with van der Waals surface area (Å²) in [5.41, 5.74) is 1.05. The summed E-state index contributed by atoms with van der Waals surface area (Å²) >= 11 is 0. The number of ether oxygens (including phenoxy) is 1. The van der Waals surface area contributed by atoms with Gasteiger partial charge in [-0.1, -0.05) is 76.8 Å². The van der Waals surface area contributed by atoms with Crippen molar-refractivity contribution >= 4 is 10.1 Å². The van der Waals surface area contributed by atoms with Gasteiger partial charge in [-0.3, -0.25) is 4.55 Å². The van der Waals surface area contributed by atoms with Gasteiger partial charge in [0, 0.05) is 6.07 Å². The largest absolute Gasteiger partial charge is 0.504 e. The summed E-state index contributed by atoms with van der Waals surface area (Å²) in [5, 5.41) is 10.3. The molecule has 0 radical (unpaired) electrons. The zero-order chi connectivity index (χ0) is 21.8. The maximum Gasteiger partial charge on any atom is 0.294 e. The second-order valence-electron chi connectivity index (χ2n) is 7.79. The summed E-state index contributed by atoms with van der Waals surface area (Å²) in [7, 11) is -4.30. The second kappa shape index (κ2) is 12.6. The van der Waals surface area contributed by atoms with Gasteiger partial charge in [0.25, 0.3) is 10.1 Å². The fourth-order valence-corrected chi connectivity index (χ4v) is 3.96. The molecule has 30 heavy (non-hydrogen) atoms. The lowest BCUT2D eigenvalue weighted by molar-refractivity contribution is 0.409. The van der Waals surface area contributed by atoms with E-state index in [0.29, 0.717) is 0 Å². The van der Waals surface area contributed by atoms with Gasteiger partial charge in [0.05, 0.1) is 4.90 Å². The minimum absolute atomic E-state index is 0.0110. The topological polar surface area (TPSA) is 83.8 Å². The van der Waals surface area contributed by atoms with Crippen LogP contribution in [0.2, 0.25) is 0 Å². The standard InChI is InChI=1S/C24H34O5S/c1-2-3-4-5-6-7-8-9-10-11-13-20-16-17-24(23(25)18-20)29-21-14-12-15-22(19-21)30(26,27)28/h12,14-19,25H,2-11,13H2,1H3,(H,26,27,28). The van der Waals surface area contributed by atoms with Crippen LogP contribution in [-0.4, -0.2) is 18.1 Å². The molecular formula is C24H34O5S. The molecule has 166 valence electrons. The number of hydrogen-bond acceptors (Lipinski definition) is 4. The minimum Gasteiger partial charge on any atom is -0.504 e. The summed E-state index contributed by atoms with van der Waals surface area (Å²) in [4.78, 5) is -0.253. The predicted molar refractivity (Wildman–Crippen MR) is 120 cm³/mol. The Morgan fingerprint density at radius 3 is 2.07 bits per heavy atom. The maximum absolute atomic E-state index is 11.2. The first kappa shape index (κ1) is 24.2.